The lowest BCUT2D eigenvalue weighted by molar-refractivity contribution is 0.256. The van der Waals surface area contributed by atoms with Crippen LogP contribution in [0, 0.1) is 0 Å². The molecular weight excluding hydrogens is 512 g/mol. The van der Waals surface area contributed by atoms with Crippen LogP contribution in [0.2, 0.25) is 0 Å². The number of aromatic nitrogens is 1. The first-order chi connectivity index (χ1) is 20.5. The smallest absolute Gasteiger partial charge is 0.119 e. The summed E-state index contributed by atoms with van der Waals surface area (Å²) in [5.41, 5.74) is 11.2. The molecular formula is C39H36N2O. The highest BCUT2D eigenvalue weighted by atomic mass is 16.5. The maximum Gasteiger partial charge on any atom is 0.119 e. The van der Waals surface area contributed by atoms with Crippen molar-refractivity contribution < 1.29 is 4.74 Å². The zero-order valence-corrected chi connectivity index (χ0v) is 24.6. The zero-order valence-electron chi connectivity index (χ0n) is 24.6. The van der Waals surface area contributed by atoms with E-state index in [-0.39, 0.29) is 5.41 Å². The third-order valence-corrected chi connectivity index (χ3v) is 9.07. The maximum absolute atomic E-state index is 6.44. The number of anilines is 1. The van der Waals surface area contributed by atoms with E-state index >= 15 is 0 Å². The van der Waals surface area contributed by atoms with Gasteiger partial charge in [0, 0.05) is 47.6 Å². The van der Waals surface area contributed by atoms with Crippen molar-refractivity contribution in [1.82, 2.24) is 4.57 Å². The molecule has 208 valence electrons. The minimum atomic E-state index is -0.263. The molecule has 5 aromatic carbocycles. The van der Waals surface area contributed by atoms with Crippen LogP contribution < -0.4 is 9.64 Å². The Balaban J connectivity index is 1.21. The Morgan fingerprint density at radius 3 is 2.33 bits per heavy atom. The molecule has 1 aliphatic carbocycles. The van der Waals surface area contributed by atoms with E-state index in [9.17, 15) is 0 Å². The molecule has 0 amide bonds. The molecule has 0 N–H and O–H groups in total. The van der Waals surface area contributed by atoms with Gasteiger partial charge >= 0.3 is 0 Å². The van der Waals surface area contributed by atoms with E-state index in [0.717, 1.165) is 24.4 Å². The number of ether oxygens (including phenoxy) is 1. The van der Waals surface area contributed by atoms with Crippen LogP contribution in [-0.2, 0) is 18.5 Å². The molecule has 0 aliphatic heterocycles. The Hall–Kier alpha value is -4.76. The molecule has 1 atom stereocenters. The third kappa shape index (κ3) is 4.19. The molecule has 6 aromatic rings. The zero-order chi connectivity index (χ0) is 28.8. The van der Waals surface area contributed by atoms with Crippen molar-refractivity contribution in [1.29, 1.82) is 0 Å². The summed E-state index contributed by atoms with van der Waals surface area (Å²) in [5.74, 6) is 0.876. The third-order valence-electron chi connectivity index (χ3n) is 9.07. The number of para-hydroxylation sites is 1. The second-order valence-corrected chi connectivity index (χ2v) is 11.6. The molecule has 7 rings (SSSR count). The first-order valence-corrected chi connectivity index (χ1v) is 14.8. The van der Waals surface area contributed by atoms with Gasteiger partial charge in [-0.2, -0.15) is 0 Å². The fraction of sp³-hybridized carbons (Fsp3) is 0.179. The summed E-state index contributed by atoms with van der Waals surface area (Å²) in [7, 11) is 2.19. The molecule has 0 fully saturated rings. The summed E-state index contributed by atoms with van der Waals surface area (Å²) < 4.78 is 8.85. The van der Waals surface area contributed by atoms with Gasteiger partial charge in [0.15, 0.2) is 0 Å². The van der Waals surface area contributed by atoms with E-state index < -0.39 is 0 Å². The van der Waals surface area contributed by atoms with Gasteiger partial charge in [0.25, 0.3) is 0 Å². The van der Waals surface area contributed by atoms with Crippen LogP contribution in [0.4, 0.5) is 5.69 Å². The first-order valence-electron chi connectivity index (χ1n) is 14.8. The number of rotatable bonds is 8. The van der Waals surface area contributed by atoms with Crippen molar-refractivity contribution in [2.75, 3.05) is 18.6 Å². The predicted octanol–water partition coefficient (Wildman–Crippen LogP) is 9.46. The number of aryl methyl sites for hydroxylation is 1. The summed E-state index contributed by atoms with van der Waals surface area (Å²) >= 11 is 0. The first kappa shape index (κ1) is 26.2. The van der Waals surface area contributed by atoms with Gasteiger partial charge in [0.05, 0.1) is 5.41 Å². The molecule has 3 heteroatoms. The molecule has 0 saturated heterocycles. The number of hydrogen-bond acceptors (Lipinski definition) is 2. The topological polar surface area (TPSA) is 17.4 Å². The number of nitrogens with zero attached hydrogens (tertiary/aromatic N) is 2. The summed E-state index contributed by atoms with van der Waals surface area (Å²) in [6, 6.07) is 39.5. The van der Waals surface area contributed by atoms with Crippen LogP contribution in [0.15, 0.2) is 116 Å². The quantitative estimate of drug-likeness (QED) is 0.188. The molecule has 1 heterocycles. The van der Waals surface area contributed by atoms with E-state index in [2.05, 4.69) is 122 Å². The van der Waals surface area contributed by atoms with E-state index in [1.54, 1.807) is 0 Å². The summed E-state index contributed by atoms with van der Waals surface area (Å²) in [4.78, 5) is 2.36. The Morgan fingerprint density at radius 1 is 0.786 bits per heavy atom. The van der Waals surface area contributed by atoms with Crippen LogP contribution in [0.1, 0.15) is 36.1 Å². The van der Waals surface area contributed by atoms with Crippen molar-refractivity contribution >= 4 is 33.6 Å². The molecule has 1 unspecified atom stereocenters. The fourth-order valence-corrected chi connectivity index (χ4v) is 6.79. The van der Waals surface area contributed by atoms with E-state index in [4.69, 9.17) is 4.74 Å². The fourth-order valence-electron chi connectivity index (χ4n) is 6.79. The summed E-state index contributed by atoms with van der Waals surface area (Å²) in [6.45, 7) is 10.8. The SMILES string of the molecule is C=Cc1ccc(OCC2(C)c3ccccc3-c3ccc(N(C)Cc4ccc5c(c4)c4ccccc4n5CC)cc32)cc1. The molecule has 0 bridgehead atoms. The van der Waals surface area contributed by atoms with E-state index in [0.29, 0.717) is 6.61 Å². The van der Waals surface area contributed by atoms with Gasteiger partial charge in [0.1, 0.15) is 12.4 Å². The normalized spacial score (nSPS) is 15.5. The molecule has 0 radical (unpaired) electrons. The molecule has 1 aliphatic rings. The lowest BCUT2D eigenvalue weighted by atomic mass is 9.81. The standard InChI is InChI=1S/C39H36N2O/c1-5-27-15-19-30(20-16-27)42-26-39(3)35-13-9-7-11-31(35)32-21-18-29(24-36(32)39)40(4)25-28-17-22-38-34(23-28)33-12-8-10-14-37(33)41(38)6-2/h5,7-24H,1,6,25-26H2,2-4H3. The van der Waals surface area contributed by atoms with Crippen molar-refractivity contribution in [2.45, 2.75) is 32.4 Å². The maximum atomic E-state index is 6.44. The highest BCUT2D eigenvalue weighted by Gasteiger charge is 2.40. The lowest BCUT2D eigenvalue weighted by Gasteiger charge is -2.29. The molecule has 0 saturated carbocycles. The number of benzene rings is 5. The van der Waals surface area contributed by atoms with Crippen LogP contribution in [0.3, 0.4) is 0 Å². The van der Waals surface area contributed by atoms with Gasteiger partial charge in [-0.15, -0.1) is 0 Å². The number of hydrogen-bond donors (Lipinski definition) is 0. The molecule has 0 spiro atoms. The Morgan fingerprint density at radius 2 is 1.52 bits per heavy atom. The Bertz CT molecular complexity index is 1950. The Kier molecular flexibility index (Phi) is 6.39. The van der Waals surface area contributed by atoms with Gasteiger partial charge in [-0.25, -0.2) is 0 Å². The van der Waals surface area contributed by atoms with Gasteiger partial charge in [-0.05, 0) is 89.7 Å². The van der Waals surface area contributed by atoms with Crippen molar-refractivity contribution in [3.63, 3.8) is 0 Å². The average molecular weight is 549 g/mol. The number of fused-ring (bicyclic) bond motifs is 6. The highest BCUT2D eigenvalue weighted by Crippen LogP contribution is 2.50. The predicted molar refractivity (Wildman–Crippen MR) is 178 cm³/mol. The molecule has 3 nitrogen and oxygen atoms in total. The van der Waals surface area contributed by atoms with Crippen LogP contribution in [0.5, 0.6) is 5.75 Å². The van der Waals surface area contributed by atoms with Gasteiger partial charge in [-0.3, -0.25) is 0 Å². The van der Waals surface area contributed by atoms with Crippen molar-refractivity contribution in [3.8, 4) is 16.9 Å². The minimum Gasteiger partial charge on any atom is -0.492 e. The minimum absolute atomic E-state index is 0.263. The Labute approximate surface area is 248 Å². The monoisotopic (exact) mass is 548 g/mol. The van der Waals surface area contributed by atoms with E-state index in [1.165, 1.54) is 55.3 Å². The van der Waals surface area contributed by atoms with Gasteiger partial charge < -0.3 is 14.2 Å². The average Bonchev–Trinajstić information content (AvgIpc) is 3.49. The van der Waals surface area contributed by atoms with Crippen molar-refractivity contribution in [2.24, 2.45) is 0 Å². The van der Waals surface area contributed by atoms with Gasteiger partial charge in [0.2, 0.25) is 0 Å². The summed E-state index contributed by atoms with van der Waals surface area (Å²) in [6.07, 6.45) is 1.86. The van der Waals surface area contributed by atoms with Crippen LogP contribution >= 0.6 is 0 Å². The summed E-state index contributed by atoms with van der Waals surface area (Å²) in [5, 5.41) is 2.65. The van der Waals surface area contributed by atoms with Gasteiger partial charge in [-0.1, -0.05) is 79.4 Å². The molecule has 42 heavy (non-hydrogen) atoms. The second-order valence-electron chi connectivity index (χ2n) is 11.6. The largest absolute Gasteiger partial charge is 0.492 e. The lowest BCUT2D eigenvalue weighted by Crippen LogP contribution is -2.29. The van der Waals surface area contributed by atoms with E-state index in [1.807, 2.05) is 30.3 Å². The highest BCUT2D eigenvalue weighted by molar-refractivity contribution is 6.08. The van der Waals surface area contributed by atoms with Crippen LogP contribution in [0.25, 0.3) is 39.0 Å². The van der Waals surface area contributed by atoms with Crippen LogP contribution in [-0.4, -0.2) is 18.2 Å². The van der Waals surface area contributed by atoms with Crippen molar-refractivity contribution in [3.05, 3.63) is 138 Å². The molecule has 1 aromatic heterocycles. The second kappa shape index (κ2) is 10.3.